The number of carboxylic acids is 1. The fraction of sp³-hybridized carbons (Fsp3) is 0.417. The highest BCUT2D eigenvalue weighted by Crippen LogP contribution is 2.26. The third-order valence-corrected chi connectivity index (χ3v) is 3.08. The zero-order valence-corrected chi connectivity index (χ0v) is 11.0. The van der Waals surface area contributed by atoms with Crippen LogP contribution in [-0.2, 0) is 16.1 Å². The number of amides is 1. The molecule has 1 fully saturated rings. The first-order chi connectivity index (χ1) is 10.1. The maximum atomic E-state index is 12.1. The molecule has 9 heteroatoms. The van der Waals surface area contributed by atoms with Gasteiger partial charge < -0.3 is 14.4 Å². The van der Waals surface area contributed by atoms with Crippen molar-refractivity contribution in [2.75, 3.05) is 6.54 Å². The van der Waals surface area contributed by atoms with E-state index >= 15 is 0 Å². The summed E-state index contributed by atoms with van der Waals surface area (Å²) in [4.78, 5) is 25.4. The van der Waals surface area contributed by atoms with E-state index in [9.17, 15) is 9.59 Å². The van der Waals surface area contributed by atoms with Crippen molar-refractivity contribution < 1.29 is 19.1 Å². The highest BCUT2D eigenvalue weighted by molar-refractivity contribution is 5.81. The Bertz CT molecular complexity index is 646. The molecule has 0 unspecified atom stereocenters. The molecule has 2 aromatic rings. The number of furan rings is 1. The van der Waals surface area contributed by atoms with E-state index in [1.165, 1.54) is 11.2 Å². The molecule has 0 atom stereocenters. The Morgan fingerprint density at radius 3 is 2.90 bits per heavy atom. The van der Waals surface area contributed by atoms with Crippen LogP contribution in [0, 0.1) is 0 Å². The monoisotopic (exact) mass is 291 g/mol. The quantitative estimate of drug-likeness (QED) is 0.797. The van der Waals surface area contributed by atoms with Gasteiger partial charge >= 0.3 is 5.97 Å². The van der Waals surface area contributed by atoms with Crippen molar-refractivity contribution in [1.29, 1.82) is 0 Å². The predicted molar refractivity (Wildman–Crippen MR) is 67.9 cm³/mol. The van der Waals surface area contributed by atoms with Gasteiger partial charge in [-0.15, -0.1) is 10.2 Å². The number of aliphatic carboxylic acids is 1. The summed E-state index contributed by atoms with van der Waals surface area (Å²) in [6.07, 6.45) is 3.16. The summed E-state index contributed by atoms with van der Waals surface area (Å²) in [6, 6.07) is 3.40. The maximum Gasteiger partial charge on any atom is 0.323 e. The van der Waals surface area contributed by atoms with E-state index in [0.717, 1.165) is 17.6 Å². The van der Waals surface area contributed by atoms with Crippen LogP contribution in [0.5, 0.6) is 0 Å². The predicted octanol–water partition coefficient (Wildman–Crippen LogP) is 0.00870. The van der Waals surface area contributed by atoms with Crippen LogP contribution in [0.3, 0.4) is 0 Å². The molecule has 0 spiro atoms. The van der Waals surface area contributed by atoms with E-state index in [4.69, 9.17) is 9.52 Å². The molecule has 9 nitrogen and oxygen atoms in total. The largest absolute Gasteiger partial charge is 0.480 e. The molecule has 3 rings (SSSR count). The topological polar surface area (TPSA) is 114 Å². The number of rotatable bonds is 6. The number of tetrazole rings is 1. The molecule has 110 valence electrons. The second kappa shape index (κ2) is 5.35. The Balaban J connectivity index is 1.68. The van der Waals surface area contributed by atoms with E-state index in [1.807, 2.05) is 0 Å². The van der Waals surface area contributed by atoms with Crippen molar-refractivity contribution in [1.82, 2.24) is 25.1 Å². The number of nitrogens with zero attached hydrogens (tertiary/aromatic N) is 5. The lowest BCUT2D eigenvalue weighted by Crippen LogP contribution is -2.39. The molecule has 0 saturated heterocycles. The molecule has 1 N–H and O–H groups in total. The normalized spacial score (nSPS) is 14.1. The molecule has 1 saturated carbocycles. The van der Waals surface area contributed by atoms with E-state index in [-0.39, 0.29) is 30.9 Å². The summed E-state index contributed by atoms with van der Waals surface area (Å²) in [5.41, 5.74) is 0. The van der Waals surface area contributed by atoms with Crippen molar-refractivity contribution in [2.24, 2.45) is 0 Å². The minimum absolute atomic E-state index is 0.0154. The van der Waals surface area contributed by atoms with E-state index in [2.05, 4.69) is 15.4 Å². The van der Waals surface area contributed by atoms with Crippen molar-refractivity contribution >= 4 is 11.9 Å². The molecule has 1 amide bonds. The average Bonchev–Trinajstić information content (AvgIpc) is 2.94. The highest BCUT2D eigenvalue weighted by atomic mass is 16.4. The number of hydrogen-bond acceptors (Lipinski definition) is 6. The van der Waals surface area contributed by atoms with Gasteiger partial charge in [0.05, 0.1) is 6.26 Å². The lowest BCUT2D eigenvalue weighted by Gasteiger charge is -2.19. The van der Waals surface area contributed by atoms with Gasteiger partial charge in [-0.3, -0.25) is 9.59 Å². The summed E-state index contributed by atoms with van der Waals surface area (Å²) in [7, 11) is 0. The molecule has 0 aromatic carbocycles. The maximum absolute atomic E-state index is 12.1. The van der Waals surface area contributed by atoms with Crippen molar-refractivity contribution in [2.45, 2.75) is 25.4 Å². The van der Waals surface area contributed by atoms with E-state index in [1.54, 1.807) is 12.1 Å². The van der Waals surface area contributed by atoms with Gasteiger partial charge in [-0.05, 0) is 30.2 Å². The third-order valence-electron chi connectivity index (χ3n) is 3.08. The fourth-order valence-electron chi connectivity index (χ4n) is 1.98. The van der Waals surface area contributed by atoms with E-state index < -0.39 is 5.97 Å². The Kier molecular flexibility index (Phi) is 3.38. The minimum atomic E-state index is -1.03. The summed E-state index contributed by atoms with van der Waals surface area (Å²) < 4.78 is 5.13. The van der Waals surface area contributed by atoms with Crippen molar-refractivity contribution in [3.8, 4) is 11.6 Å². The Morgan fingerprint density at radius 2 is 2.29 bits per heavy atom. The van der Waals surface area contributed by atoms with Crippen LogP contribution < -0.4 is 0 Å². The zero-order chi connectivity index (χ0) is 14.8. The molecule has 1 aliphatic carbocycles. The van der Waals surface area contributed by atoms with Gasteiger partial charge in [-0.1, -0.05) is 0 Å². The molecule has 0 aliphatic heterocycles. The van der Waals surface area contributed by atoms with Gasteiger partial charge in [0, 0.05) is 6.04 Å². The van der Waals surface area contributed by atoms with Gasteiger partial charge in [-0.25, -0.2) is 0 Å². The number of aromatic nitrogens is 4. The smallest absolute Gasteiger partial charge is 0.323 e. The molecule has 2 heterocycles. The molecular formula is C12H13N5O4. The van der Waals surface area contributed by atoms with Crippen LogP contribution in [0.1, 0.15) is 12.8 Å². The lowest BCUT2D eigenvalue weighted by molar-refractivity contribution is -0.145. The Hall–Kier alpha value is -2.71. The van der Waals surface area contributed by atoms with Crippen LogP contribution in [-0.4, -0.2) is 54.7 Å². The number of carbonyl (C=O) groups is 2. The first-order valence-electron chi connectivity index (χ1n) is 6.46. The van der Waals surface area contributed by atoms with Gasteiger partial charge in [0.2, 0.25) is 11.7 Å². The van der Waals surface area contributed by atoms with Crippen LogP contribution in [0.15, 0.2) is 22.8 Å². The number of hydrogen-bond donors (Lipinski definition) is 1. The standard InChI is InChI=1S/C12H13N5O4/c18-10(16(7-11(19)20)8-3-4-8)6-17-14-12(13-15-17)9-2-1-5-21-9/h1-2,5,8H,3-4,6-7H2,(H,19,20). The number of carbonyl (C=O) groups excluding carboxylic acids is 1. The van der Waals surface area contributed by atoms with Crippen LogP contribution in [0.4, 0.5) is 0 Å². The first kappa shape index (κ1) is 13.3. The average molecular weight is 291 g/mol. The number of carboxylic acid groups (broad SMARTS) is 1. The summed E-state index contributed by atoms with van der Waals surface area (Å²) >= 11 is 0. The molecule has 1 aliphatic rings. The second-order valence-corrected chi connectivity index (χ2v) is 4.77. The molecule has 2 aromatic heterocycles. The second-order valence-electron chi connectivity index (χ2n) is 4.77. The molecule has 0 bridgehead atoms. The molecule has 21 heavy (non-hydrogen) atoms. The summed E-state index contributed by atoms with van der Waals surface area (Å²) in [6.45, 7) is -0.444. The SMILES string of the molecule is O=C(O)CN(C(=O)Cn1nnc(-c2ccco2)n1)C1CC1. The van der Waals surface area contributed by atoms with Crippen molar-refractivity contribution in [3.05, 3.63) is 18.4 Å². The van der Waals surface area contributed by atoms with Gasteiger partial charge in [0.25, 0.3) is 0 Å². The first-order valence-corrected chi connectivity index (χ1v) is 6.46. The van der Waals surface area contributed by atoms with Crippen LogP contribution in [0.2, 0.25) is 0 Å². The summed E-state index contributed by atoms with van der Waals surface area (Å²) in [5, 5.41) is 20.5. The van der Waals surface area contributed by atoms with Crippen LogP contribution in [0.25, 0.3) is 11.6 Å². The fourth-order valence-corrected chi connectivity index (χ4v) is 1.98. The molecular weight excluding hydrogens is 278 g/mol. The lowest BCUT2D eigenvalue weighted by atomic mass is 10.4. The Morgan fingerprint density at radius 1 is 1.48 bits per heavy atom. The van der Waals surface area contributed by atoms with Gasteiger partial charge in [0.15, 0.2) is 5.76 Å². The van der Waals surface area contributed by atoms with Gasteiger partial charge in [0.1, 0.15) is 13.1 Å². The van der Waals surface area contributed by atoms with E-state index in [0.29, 0.717) is 5.76 Å². The van der Waals surface area contributed by atoms with Crippen molar-refractivity contribution in [3.63, 3.8) is 0 Å². The molecule has 0 radical (unpaired) electrons. The van der Waals surface area contributed by atoms with Crippen LogP contribution >= 0.6 is 0 Å². The van der Waals surface area contributed by atoms with Gasteiger partial charge in [-0.2, -0.15) is 4.80 Å². The third kappa shape index (κ3) is 3.07. The zero-order valence-electron chi connectivity index (χ0n) is 11.0. The minimum Gasteiger partial charge on any atom is -0.480 e. The Labute approximate surface area is 119 Å². The summed E-state index contributed by atoms with van der Waals surface area (Å²) in [5.74, 6) is -0.622. The highest BCUT2D eigenvalue weighted by Gasteiger charge is 2.34.